The first-order chi connectivity index (χ1) is 8.43. The molecule has 0 radical (unpaired) electrons. The third-order valence-corrected chi connectivity index (χ3v) is 2.29. The van der Waals surface area contributed by atoms with E-state index in [0.29, 0.717) is 11.3 Å². The summed E-state index contributed by atoms with van der Waals surface area (Å²) >= 11 is 0. The predicted octanol–water partition coefficient (Wildman–Crippen LogP) is -0.159. The van der Waals surface area contributed by atoms with Gasteiger partial charge in [0.15, 0.2) is 6.10 Å². The number of aliphatic hydroxyl groups excluding tert-OH is 1. The Morgan fingerprint density at radius 2 is 2.11 bits per heavy atom. The van der Waals surface area contributed by atoms with Gasteiger partial charge < -0.3 is 20.9 Å². The molecule has 0 aliphatic heterocycles. The highest BCUT2D eigenvalue weighted by Gasteiger charge is 2.16. The van der Waals surface area contributed by atoms with Gasteiger partial charge in [0, 0.05) is 11.3 Å². The van der Waals surface area contributed by atoms with Crippen LogP contribution in [0.2, 0.25) is 0 Å². The van der Waals surface area contributed by atoms with Crippen LogP contribution in [0.1, 0.15) is 15.9 Å². The Hall–Kier alpha value is -2.08. The Balaban J connectivity index is 2.63. The van der Waals surface area contributed by atoms with Gasteiger partial charge in [0.25, 0.3) is 5.91 Å². The van der Waals surface area contributed by atoms with E-state index in [1.165, 1.54) is 6.07 Å². The maximum absolute atomic E-state index is 11.7. The second-order valence-corrected chi connectivity index (χ2v) is 3.88. The monoisotopic (exact) mass is 252 g/mol. The molecule has 6 nitrogen and oxygen atoms in total. The lowest BCUT2D eigenvalue weighted by Gasteiger charge is -2.10. The van der Waals surface area contributed by atoms with Gasteiger partial charge in [0.2, 0.25) is 0 Å². The Morgan fingerprint density at radius 1 is 1.44 bits per heavy atom. The number of nitrogens with one attached hydrogen (secondary N) is 1. The van der Waals surface area contributed by atoms with Gasteiger partial charge in [0.1, 0.15) is 0 Å². The van der Waals surface area contributed by atoms with Crippen molar-refractivity contribution in [2.24, 2.45) is 0 Å². The fourth-order valence-corrected chi connectivity index (χ4v) is 1.45. The summed E-state index contributed by atoms with van der Waals surface area (Å²) in [7, 11) is 1.16. The standard InChI is InChI=1S/C12H16N2O4/c1-7-3-8(5-9(13)4-7)11(16)14-6-10(15)12(17)18-2/h3-5,10,15H,6,13H2,1-2H3,(H,14,16). The van der Waals surface area contributed by atoms with E-state index in [0.717, 1.165) is 12.7 Å². The van der Waals surface area contributed by atoms with Crippen LogP contribution in [0.25, 0.3) is 0 Å². The third kappa shape index (κ3) is 3.74. The highest BCUT2D eigenvalue weighted by molar-refractivity contribution is 5.95. The van der Waals surface area contributed by atoms with Crippen molar-refractivity contribution in [3.63, 3.8) is 0 Å². The summed E-state index contributed by atoms with van der Waals surface area (Å²) in [4.78, 5) is 22.7. The van der Waals surface area contributed by atoms with Gasteiger partial charge in [-0.3, -0.25) is 4.79 Å². The van der Waals surface area contributed by atoms with Crippen LogP contribution in [0.15, 0.2) is 18.2 Å². The van der Waals surface area contributed by atoms with Crippen LogP contribution in [0.4, 0.5) is 5.69 Å². The number of methoxy groups -OCH3 is 1. The van der Waals surface area contributed by atoms with Gasteiger partial charge in [-0.05, 0) is 30.7 Å². The van der Waals surface area contributed by atoms with Crippen molar-refractivity contribution in [3.05, 3.63) is 29.3 Å². The maximum atomic E-state index is 11.7. The predicted molar refractivity (Wildman–Crippen MR) is 65.9 cm³/mol. The molecule has 0 heterocycles. The molecule has 0 saturated carbocycles. The smallest absolute Gasteiger partial charge is 0.336 e. The number of amides is 1. The molecule has 1 amide bonds. The lowest BCUT2D eigenvalue weighted by molar-refractivity contribution is -0.149. The zero-order valence-corrected chi connectivity index (χ0v) is 10.3. The molecule has 0 bridgehead atoms. The van der Waals surface area contributed by atoms with Crippen LogP contribution in [0.5, 0.6) is 0 Å². The number of ether oxygens (including phenoxy) is 1. The zero-order valence-electron chi connectivity index (χ0n) is 10.3. The van der Waals surface area contributed by atoms with E-state index >= 15 is 0 Å². The molecule has 6 heteroatoms. The molecule has 4 N–H and O–H groups in total. The third-order valence-electron chi connectivity index (χ3n) is 2.29. The first kappa shape index (κ1) is 14.0. The molecule has 1 unspecified atom stereocenters. The van der Waals surface area contributed by atoms with Crippen LogP contribution in [-0.4, -0.2) is 36.7 Å². The number of aliphatic hydroxyl groups is 1. The molecule has 1 aromatic carbocycles. The molecular weight excluding hydrogens is 236 g/mol. The first-order valence-electron chi connectivity index (χ1n) is 5.35. The van der Waals surface area contributed by atoms with Gasteiger partial charge in [-0.1, -0.05) is 0 Å². The molecule has 0 aliphatic rings. The molecule has 1 rings (SSSR count). The van der Waals surface area contributed by atoms with E-state index in [4.69, 9.17) is 5.73 Å². The minimum absolute atomic E-state index is 0.209. The molecule has 1 aromatic rings. The lowest BCUT2D eigenvalue weighted by Crippen LogP contribution is -2.37. The summed E-state index contributed by atoms with van der Waals surface area (Å²) in [5.74, 6) is -1.20. The molecular formula is C12H16N2O4. The second-order valence-electron chi connectivity index (χ2n) is 3.88. The van der Waals surface area contributed by atoms with Crippen LogP contribution in [0, 0.1) is 6.92 Å². The number of carbonyl (C=O) groups is 2. The van der Waals surface area contributed by atoms with Gasteiger partial charge in [-0.2, -0.15) is 0 Å². The highest BCUT2D eigenvalue weighted by Crippen LogP contribution is 2.10. The molecule has 1 atom stereocenters. The molecule has 0 aromatic heterocycles. The largest absolute Gasteiger partial charge is 0.467 e. The van der Waals surface area contributed by atoms with Crippen molar-refractivity contribution in [2.45, 2.75) is 13.0 Å². The Kier molecular flexibility index (Phi) is 4.67. The molecule has 0 aliphatic carbocycles. The van der Waals surface area contributed by atoms with Crippen molar-refractivity contribution < 1.29 is 19.4 Å². The number of esters is 1. The lowest BCUT2D eigenvalue weighted by atomic mass is 10.1. The molecule has 0 saturated heterocycles. The Labute approximate surface area is 105 Å². The maximum Gasteiger partial charge on any atom is 0.336 e. The second kappa shape index (κ2) is 6.02. The van der Waals surface area contributed by atoms with E-state index in [2.05, 4.69) is 10.1 Å². The molecule has 0 fully saturated rings. The van der Waals surface area contributed by atoms with E-state index in [1.807, 2.05) is 6.92 Å². The number of hydrogen-bond acceptors (Lipinski definition) is 5. The fraction of sp³-hybridized carbons (Fsp3) is 0.333. The average molecular weight is 252 g/mol. The summed E-state index contributed by atoms with van der Waals surface area (Å²) in [6.45, 7) is 1.61. The van der Waals surface area contributed by atoms with Gasteiger partial charge in [-0.15, -0.1) is 0 Å². The summed E-state index contributed by atoms with van der Waals surface area (Å²) in [5.41, 5.74) is 7.33. The minimum Gasteiger partial charge on any atom is -0.467 e. The number of benzene rings is 1. The zero-order chi connectivity index (χ0) is 13.7. The topological polar surface area (TPSA) is 102 Å². The quantitative estimate of drug-likeness (QED) is 0.510. The Bertz CT molecular complexity index is 439. The number of hydrogen-bond donors (Lipinski definition) is 3. The van der Waals surface area contributed by atoms with Crippen LogP contribution >= 0.6 is 0 Å². The van der Waals surface area contributed by atoms with E-state index in [9.17, 15) is 14.7 Å². The number of nitrogen functional groups attached to an aromatic ring is 1. The van der Waals surface area contributed by atoms with E-state index in [1.54, 1.807) is 12.1 Å². The first-order valence-corrected chi connectivity index (χ1v) is 5.35. The fourth-order valence-electron chi connectivity index (χ4n) is 1.45. The molecule has 18 heavy (non-hydrogen) atoms. The van der Waals surface area contributed by atoms with Crippen molar-refractivity contribution in [3.8, 4) is 0 Å². The van der Waals surface area contributed by atoms with Crippen LogP contribution < -0.4 is 11.1 Å². The van der Waals surface area contributed by atoms with Gasteiger partial charge >= 0.3 is 5.97 Å². The Morgan fingerprint density at radius 3 is 2.67 bits per heavy atom. The number of aryl methyl sites for hydroxylation is 1. The van der Waals surface area contributed by atoms with E-state index < -0.39 is 18.0 Å². The molecule has 98 valence electrons. The number of anilines is 1. The van der Waals surface area contributed by atoms with Crippen molar-refractivity contribution >= 4 is 17.6 Å². The van der Waals surface area contributed by atoms with Crippen LogP contribution in [-0.2, 0) is 9.53 Å². The van der Waals surface area contributed by atoms with Gasteiger partial charge in [-0.25, -0.2) is 4.79 Å². The van der Waals surface area contributed by atoms with Crippen molar-refractivity contribution in [1.82, 2.24) is 5.32 Å². The molecule has 0 spiro atoms. The summed E-state index contributed by atoms with van der Waals surface area (Å²) in [5, 5.41) is 11.7. The summed E-state index contributed by atoms with van der Waals surface area (Å²) in [6, 6.07) is 4.92. The normalized spacial score (nSPS) is 11.7. The van der Waals surface area contributed by atoms with Crippen molar-refractivity contribution in [2.75, 3.05) is 19.4 Å². The number of rotatable bonds is 4. The van der Waals surface area contributed by atoms with Gasteiger partial charge in [0.05, 0.1) is 13.7 Å². The van der Waals surface area contributed by atoms with E-state index in [-0.39, 0.29) is 6.54 Å². The SMILES string of the molecule is COC(=O)C(O)CNC(=O)c1cc(C)cc(N)c1. The van der Waals surface area contributed by atoms with Crippen molar-refractivity contribution in [1.29, 1.82) is 0 Å². The average Bonchev–Trinajstić information content (AvgIpc) is 2.33. The summed E-state index contributed by atoms with van der Waals surface area (Å²) in [6.07, 6.45) is -1.37. The highest BCUT2D eigenvalue weighted by atomic mass is 16.5. The number of nitrogens with two attached hydrogens (primary N) is 1. The minimum atomic E-state index is -1.37. The number of carbonyl (C=O) groups excluding carboxylic acids is 2. The summed E-state index contributed by atoms with van der Waals surface area (Å²) < 4.78 is 4.33. The van der Waals surface area contributed by atoms with Crippen LogP contribution in [0.3, 0.4) is 0 Å².